The van der Waals surface area contributed by atoms with Crippen LogP contribution in [0.15, 0.2) is 36.5 Å². The molecule has 0 aliphatic heterocycles. The highest BCUT2D eigenvalue weighted by Crippen LogP contribution is 2.10. The molecule has 1 aromatic carbocycles. The Labute approximate surface area is 95.3 Å². The number of methoxy groups -OCH3 is 1. The molecule has 0 saturated carbocycles. The van der Waals surface area contributed by atoms with Gasteiger partial charge in [-0.25, -0.2) is 0 Å². The SMILES string of the molecule is C=C(CC)NNC(=O)c1ccc(OC)cc1. The van der Waals surface area contributed by atoms with E-state index in [0.29, 0.717) is 5.56 Å². The summed E-state index contributed by atoms with van der Waals surface area (Å²) in [6.07, 6.45) is 0.767. The van der Waals surface area contributed by atoms with Gasteiger partial charge in [-0.1, -0.05) is 13.5 Å². The summed E-state index contributed by atoms with van der Waals surface area (Å²) in [7, 11) is 1.59. The summed E-state index contributed by atoms with van der Waals surface area (Å²) >= 11 is 0. The lowest BCUT2D eigenvalue weighted by atomic mass is 10.2. The third kappa shape index (κ3) is 3.31. The number of rotatable bonds is 5. The van der Waals surface area contributed by atoms with Gasteiger partial charge in [-0.3, -0.25) is 10.2 Å². The predicted octanol–water partition coefficient (Wildman–Crippen LogP) is 1.85. The molecule has 4 nitrogen and oxygen atoms in total. The van der Waals surface area contributed by atoms with Gasteiger partial charge >= 0.3 is 0 Å². The zero-order valence-corrected chi connectivity index (χ0v) is 9.54. The minimum atomic E-state index is -0.197. The van der Waals surface area contributed by atoms with Gasteiger partial charge in [0.05, 0.1) is 7.11 Å². The number of benzene rings is 1. The second-order valence-corrected chi connectivity index (χ2v) is 3.26. The summed E-state index contributed by atoms with van der Waals surface area (Å²) in [4.78, 5) is 11.6. The molecule has 0 heterocycles. The predicted molar refractivity (Wildman–Crippen MR) is 63.0 cm³/mol. The molecule has 0 atom stereocenters. The fraction of sp³-hybridized carbons (Fsp3) is 0.250. The quantitative estimate of drug-likeness (QED) is 0.745. The van der Waals surface area contributed by atoms with Gasteiger partial charge in [-0.05, 0) is 30.7 Å². The smallest absolute Gasteiger partial charge is 0.269 e. The minimum Gasteiger partial charge on any atom is -0.497 e. The van der Waals surface area contributed by atoms with Gasteiger partial charge in [0.1, 0.15) is 5.75 Å². The first-order valence-electron chi connectivity index (χ1n) is 5.05. The maximum Gasteiger partial charge on any atom is 0.269 e. The average molecular weight is 220 g/mol. The van der Waals surface area contributed by atoms with E-state index in [9.17, 15) is 4.79 Å². The van der Waals surface area contributed by atoms with Crippen LogP contribution in [-0.2, 0) is 0 Å². The fourth-order valence-corrected chi connectivity index (χ4v) is 1.05. The molecule has 86 valence electrons. The average Bonchev–Trinajstić information content (AvgIpc) is 2.35. The fourth-order valence-electron chi connectivity index (χ4n) is 1.05. The summed E-state index contributed by atoms with van der Waals surface area (Å²) in [6.45, 7) is 5.67. The monoisotopic (exact) mass is 220 g/mol. The maximum atomic E-state index is 11.6. The van der Waals surface area contributed by atoms with Crippen LogP contribution >= 0.6 is 0 Å². The lowest BCUT2D eigenvalue weighted by Crippen LogP contribution is -2.36. The number of amides is 1. The highest BCUT2D eigenvalue weighted by molar-refractivity contribution is 5.94. The largest absolute Gasteiger partial charge is 0.497 e. The van der Waals surface area contributed by atoms with E-state index in [1.165, 1.54) is 0 Å². The second kappa shape index (κ2) is 5.80. The molecule has 4 heteroatoms. The van der Waals surface area contributed by atoms with Crippen LogP contribution in [0.2, 0.25) is 0 Å². The van der Waals surface area contributed by atoms with Crippen molar-refractivity contribution in [2.24, 2.45) is 0 Å². The molecular formula is C12H16N2O2. The Morgan fingerprint density at radius 1 is 1.31 bits per heavy atom. The van der Waals surface area contributed by atoms with Crippen molar-refractivity contribution in [3.63, 3.8) is 0 Å². The Kier molecular flexibility index (Phi) is 4.39. The van der Waals surface area contributed by atoms with Gasteiger partial charge in [0.25, 0.3) is 5.91 Å². The van der Waals surface area contributed by atoms with E-state index in [4.69, 9.17) is 4.74 Å². The van der Waals surface area contributed by atoms with Crippen LogP contribution < -0.4 is 15.6 Å². The van der Waals surface area contributed by atoms with E-state index >= 15 is 0 Å². The Bertz CT molecular complexity index is 371. The van der Waals surface area contributed by atoms with Crippen molar-refractivity contribution in [2.45, 2.75) is 13.3 Å². The van der Waals surface area contributed by atoms with E-state index in [2.05, 4.69) is 17.4 Å². The lowest BCUT2D eigenvalue weighted by Gasteiger charge is -2.09. The molecule has 1 rings (SSSR count). The summed E-state index contributed by atoms with van der Waals surface area (Å²) < 4.78 is 5.00. The van der Waals surface area contributed by atoms with E-state index in [-0.39, 0.29) is 5.91 Å². The minimum absolute atomic E-state index is 0.197. The normalized spacial score (nSPS) is 9.38. The van der Waals surface area contributed by atoms with Gasteiger partial charge in [-0.15, -0.1) is 0 Å². The van der Waals surface area contributed by atoms with Crippen LogP contribution in [-0.4, -0.2) is 13.0 Å². The van der Waals surface area contributed by atoms with Crippen LogP contribution in [0.3, 0.4) is 0 Å². The van der Waals surface area contributed by atoms with Crippen LogP contribution in [0.1, 0.15) is 23.7 Å². The highest BCUT2D eigenvalue weighted by atomic mass is 16.5. The molecule has 1 aromatic rings. The zero-order chi connectivity index (χ0) is 12.0. The Morgan fingerprint density at radius 3 is 2.44 bits per heavy atom. The molecule has 2 N–H and O–H groups in total. The van der Waals surface area contributed by atoms with Crippen molar-refractivity contribution in [3.8, 4) is 5.75 Å². The molecule has 0 radical (unpaired) electrons. The number of carbonyl (C=O) groups is 1. The summed E-state index contributed by atoms with van der Waals surface area (Å²) in [6, 6.07) is 6.88. The van der Waals surface area contributed by atoms with Crippen LogP contribution in [0.25, 0.3) is 0 Å². The molecule has 0 saturated heterocycles. The van der Waals surface area contributed by atoms with E-state index < -0.39 is 0 Å². The number of allylic oxidation sites excluding steroid dienone is 1. The summed E-state index contributed by atoms with van der Waals surface area (Å²) in [5, 5.41) is 0. The van der Waals surface area contributed by atoms with Crippen LogP contribution in [0.5, 0.6) is 5.75 Å². The van der Waals surface area contributed by atoms with Gasteiger partial charge in [-0.2, -0.15) is 0 Å². The maximum absolute atomic E-state index is 11.6. The summed E-state index contributed by atoms with van der Waals surface area (Å²) in [5.41, 5.74) is 6.62. The first-order chi connectivity index (χ1) is 7.67. The molecule has 16 heavy (non-hydrogen) atoms. The molecule has 0 aliphatic carbocycles. The molecule has 0 bridgehead atoms. The first kappa shape index (κ1) is 12.1. The number of nitrogens with one attached hydrogen (secondary N) is 2. The molecule has 0 aliphatic rings. The number of hydrogen-bond acceptors (Lipinski definition) is 3. The molecule has 0 unspecified atom stereocenters. The number of hydrazine groups is 1. The topological polar surface area (TPSA) is 50.4 Å². The standard InChI is InChI=1S/C12H16N2O2/c1-4-9(2)13-14-12(15)10-5-7-11(16-3)8-6-10/h5-8,13H,2,4H2,1,3H3,(H,14,15). The van der Waals surface area contributed by atoms with Gasteiger partial charge in [0.15, 0.2) is 0 Å². The molecule has 0 fully saturated rings. The van der Waals surface area contributed by atoms with E-state index in [0.717, 1.165) is 17.9 Å². The van der Waals surface area contributed by atoms with Crippen molar-refractivity contribution in [1.29, 1.82) is 0 Å². The van der Waals surface area contributed by atoms with Gasteiger partial charge < -0.3 is 10.2 Å². The number of ether oxygens (including phenoxy) is 1. The molecule has 0 spiro atoms. The molecular weight excluding hydrogens is 204 g/mol. The zero-order valence-electron chi connectivity index (χ0n) is 9.54. The third-order valence-corrected chi connectivity index (χ3v) is 2.13. The van der Waals surface area contributed by atoms with Crippen molar-refractivity contribution in [3.05, 3.63) is 42.1 Å². The first-order valence-corrected chi connectivity index (χ1v) is 5.05. The van der Waals surface area contributed by atoms with Gasteiger partial charge in [0.2, 0.25) is 0 Å². The highest BCUT2D eigenvalue weighted by Gasteiger charge is 2.04. The van der Waals surface area contributed by atoms with Gasteiger partial charge in [0, 0.05) is 11.3 Å². The second-order valence-electron chi connectivity index (χ2n) is 3.26. The van der Waals surface area contributed by atoms with E-state index in [1.807, 2.05) is 6.92 Å². The van der Waals surface area contributed by atoms with Crippen LogP contribution in [0, 0.1) is 0 Å². The third-order valence-electron chi connectivity index (χ3n) is 2.13. The Hall–Kier alpha value is -1.97. The summed E-state index contributed by atoms with van der Waals surface area (Å²) in [5.74, 6) is 0.528. The van der Waals surface area contributed by atoms with Crippen molar-refractivity contribution >= 4 is 5.91 Å². The number of hydrogen-bond donors (Lipinski definition) is 2. The molecule has 1 amide bonds. The Balaban J connectivity index is 2.56. The Morgan fingerprint density at radius 2 is 1.94 bits per heavy atom. The number of carbonyl (C=O) groups excluding carboxylic acids is 1. The van der Waals surface area contributed by atoms with Crippen molar-refractivity contribution in [1.82, 2.24) is 10.9 Å². The van der Waals surface area contributed by atoms with Crippen LogP contribution in [0.4, 0.5) is 0 Å². The molecule has 0 aromatic heterocycles. The van der Waals surface area contributed by atoms with Crippen molar-refractivity contribution in [2.75, 3.05) is 7.11 Å². The van der Waals surface area contributed by atoms with E-state index in [1.54, 1.807) is 31.4 Å². The lowest BCUT2D eigenvalue weighted by molar-refractivity contribution is 0.0938. The van der Waals surface area contributed by atoms with Crippen molar-refractivity contribution < 1.29 is 9.53 Å².